The first-order valence-corrected chi connectivity index (χ1v) is 11.3. The summed E-state index contributed by atoms with van der Waals surface area (Å²) in [6.07, 6.45) is 1.81. The first kappa shape index (κ1) is 22.6. The highest BCUT2D eigenvalue weighted by Gasteiger charge is 2.32. The lowest BCUT2D eigenvalue weighted by molar-refractivity contribution is -0.122. The molecule has 33 heavy (non-hydrogen) atoms. The summed E-state index contributed by atoms with van der Waals surface area (Å²) in [5, 5.41) is 0.565. The lowest BCUT2D eigenvalue weighted by atomic mass is 10.1. The monoisotopic (exact) mass is 462 g/mol. The number of benzene rings is 3. The average molecular weight is 463 g/mol. The second-order valence-corrected chi connectivity index (χ2v) is 8.22. The van der Waals surface area contributed by atoms with E-state index in [-0.39, 0.29) is 11.7 Å². The van der Waals surface area contributed by atoms with Gasteiger partial charge in [0.2, 0.25) is 0 Å². The molecule has 0 aliphatic carbocycles. The van der Waals surface area contributed by atoms with Crippen molar-refractivity contribution in [3.8, 4) is 11.5 Å². The molecular formula is C26H23FN2O3S. The van der Waals surface area contributed by atoms with E-state index in [1.54, 1.807) is 24.1 Å². The molecule has 5 nitrogen and oxygen atoms in total. The molecule has 1 heterocycles. The highest BCUT2D eigenvalue weighted by molar-refractivity contribution is 8.18. The Hall–Kier alpha value is -3.58. The lowest BCUT2D eigenvalue weighted by Gasteiger charge is -2.12. The van der Waals surface area contributed by atoms with Crippen LogP contribution in [-0.4, -0.2) is 29.6 Å². The smallest absolute Gasteiger partial charge is 0.266 e. The number of methoxy groups -OCH3 is 1. The number of carbonyl (C=O) groups excluding carboxylic acids is 1. The maximum atomic E-state index is 13.2. The van der Waals surface area contributed by atoms with Crippen LogP contribution in [0.15, 0.2) is 82.7 Å². The second kappa shape index (κ2) is 10.4. The molecule has 3 aromatic rings. The van der Waals surface area contributed by atoms with Gasteiger partial charge in [-0.2, -0.15) is 0 Å². The van der Waals surface area contributed by atoms with Gasteiger partial charge in [0.05, 0.1) is 17.7 Å². The zero-order chi connectivity index (χ0) is 23.2. The van der Waals surface area contributed by atoms with E-state index < -0.39 is 0 Å². The SMILES string of the molecule is CCN1C(=O)/C(=C\c2ccc(OCc3ccccc3)c(OC)c2)SC1=Nc1ccc(F)cc1. The van der Waals surface area contributed by atoms with Crippen molar-refractivity contribution in [3.05, 3.63) is 94.6 Å². The van der Waals surface area contributed by atoms with E-state index in [1.807, 2.05) is 61.5 Å². The quantitative estimate of drug-likeness (QED) is 0.402. The van der Waals surface area contributed by atoms with Gasteiger partial charge in [-0.1, -0.05) is 36.4 Å². The minimum Gasteiger partial charge on any atom is -0.493 e. The molecule has 0 saturated carbocycles. The van der Waals surface area contributed by atoms with Crippen molar-refractivity contribution in [2.75, 3.05) is 13.7 Å². The summed E-state index contributed by atoms with van der Waals surface area (Å²) in [5.74, 6) is 0.768. The van der Waals surface area contributed by atoms with Crippen LogP contribution in [0.2, 0.25) is 0 Å². The summed E-state index contributed by atoms with van der Waals surface area (Å²) in [5.41, 5.74) is 2.47. The zero-order valence-corrected chi connectivity index (χ0v) is 19.1. The van der Waals surface area contributed by atoms with Crippen LogP contribution in [0.4, 0.5) is 10.1 Å². The molecule has 7 heteroatoms. The topological polar surface area (TPSA) is 51.1 Å². The third-order valence-electron chi connectivity index (χ3n) is 4.98. The van der Waals surface area contributed by atoms with E-state index in [1.165, 1.54) is 23.9 Å². The molecule has 1 aliphatic heterocycles. The predicted octanol–water partition coefficient (Wildman–Crippen LogP) is 6.04. The van der Waals surface area contributed by atoms with Crippen molar-refractivity contribution in [2.24, 2.45) is 4.99 Å². The van der Waals surface area contributed by atoms with Crippen LogP contribution in [0.25, 0.3) is 6.08 Å². The summed E-state index contributed by atoms with van der Waals surface area (Å²) in [6, 6.07) is 21.3. The Morgan fingerprint density at radius 2 is 1.79 bits per heavy atom. The van der Waals surface area contributed by atoms with Crippen molar-refractivity contribution in [2.45, 2.75) is 13.5 Å². The van der Waals surface area contributed by atoms with Crippen molar-refractivity contribution < 1.29 is 18.7 Å². The van der Waals surface area contributed by atoms with Gasteiger partial charge in [0, 0.05) is 6.54 Å². The minimum atomic E-state index is -0.327. The molecule has 1 fully saturated rings. The van der Waals surface area contributed by atoms with Crippen LogP contribution in [0, 0.1) is 5.82 Å². The second-order valence-electron chi connectivity index (χ2n) is 7.22. The fourth-order valence-corrected chi connectivity index (χ4v) is 4.34. The highest BCUT2D eigenvalue weighted by atomic mass is 32.2. The maximum absolute atomic E-state index is 13.2. The predicted molar refractivity (Wildman–Crippen MR) is 130 cm³/mol. The molecule has 0 spiro atoms. The number of aliphatic imine (C=N–C) groups is 1. The molecule has 1 saturated heterocycles. The Labute approximate surface area is 196 Å². The first-order valence-electron chi connectivity index (χ1n) is 10.5. The standard InChI is InChI=1S/C26H23FN2O3S/c1-3-29-25(30)24(33-26(29)28-21-12-10-20(27)11-13-21)16-19-9-14-22(23(15-19)31-2)32-17-18-7-5-4-6-8-18/h4-16H,3,17H2,1-2H3/b24-16+,28-26?. The van der Waals surface area contributed by atoms with Crippen LogP contribution in [0.1, 0.15) is 18.1 Å². The Kier molecular flexibility index (Phi) is 7.10. The average Bonchev–Trinajstić information content (AvgIpc) is 3.13. The number of hydrogen-bond donors (Lipinski definition) is 0. The van der Waals surface area contributed by atoms with E-state index in [2.05, 4.69) is 4.99 Å². The Morgan fingerprint density at radius 1 is 1.03 bits per heavy atom. The van der Waals surface area contributed by atoms with Crippen LogP contribution >= 0.6 is 11.8 Å². The van der Waals surface area contributed by atoms with Gasteiger partial charge < -0.3 is 9.47 Å². The summed E-state index contributed by atoms with van der Waals surface area (Å²) < 4.78 is 24.6. The molecule has 0 unspecified atom stereocenters. The molecular weight excluding hydrogens is 439 g/mol. The van der Waals surface area contributed by atoms with Crippen molar-refractivity contribution in [1.29, 1.82) is 0 Å². The number of thioether (sulfide) groups is 1. The number of ether oxygens (including phenoxy) is 2. The van der Waals surface area contributed by atoms with Gasteiger partial charge in [0.25, 0.3) is 5.91 Å². The molecule has 0 radical (unpaired) electrons. The van der Waals surface area contributed by atoms with Gasteiger partial charge in [0.1, 0.15) is 12.4 Å². The van der Waals surface area contributed by atoms with Gasteiger partial charge in [-0.3, -0.25) is 9.69 Å². The normalized spacial score (nSPS) is 16.0. The number of carbonyl (C=O) groups is 1. The van der Waals surface area contributed by atoms with Crippen LogP contribution in [0.5, 0.6) is 11.5 Å². The van der Waals surface area contributed by atoms with E-state index in [9.17, 15) is 9.18 Å². The minimum absolute atomic E-state index is 0.119. The number of halogens is 1. The van der Waals surface area contributed by atoms with E-state index in [0.29, 0.717) is 40.4 Å². The fourth-order valence-electron chi connectivity index (χ4n) is 3.28. The van der Waals surface area contributed by atoms with Gasteiger partial charge >= 0.3 is 0 Å². The van der Waals surface area contributed by atoms with Crippen LogP contribution < -0.4 is 9.47 Å². The van der Waals surface area contributed by atoms with E-state index >= 15 is 0 Å². The molecule has 3 aromatic carbocycles. The van der Waals surface area contributed by atoms with Crippen LogP contribution in [0.3, 0.4) is 0 Å². The third-order valence-corrected chi connectivity index (χ3v) is 5.98. The molecule has 0 bridgehead atoms. The molecule has 1 aliphatic rings. The molecule has 0 N–H and O–H groups in total. The molecule has 168 valence electrons. The zero-order valence-electron chi connectivity index (χ0n) is 18.3. The highest BCUT2D eigenvalue weighted by Crippen LogP contribution is 2.36. The molecule has 0 atom stereocenters. The lowest BCUT2D eigenvalue weighted by Crippen LogP contribution is -2.28. The number of amides is 1. The third kappa shape index (κ3) is 5.43. The number of amidine groups is 1. The summed E-state index contributed by atoms with van der Waals surface area (Å²) in [7, 11) is 1.59. The van der Waals surface area contributed by atoms with Crippen molar-refractivity contribution >= 4 is 34.6 Å². The van der Waals surface area contributed by atoms with Gasteiger partial charge in [-0.05, 0) is 72.3 Å². The van der Waals surface area contributed by atoms with Crippen molar-refractivity contribution in [1.82, 2.24) is 4.90 Å². The molecule has 1 amide bonds. The Balaban J connectivity index is 1.54. The number of likely N-dealkylation sites (N-methyl/N-ethyl adjacent to an activating group) is 1. The summed E-state index contributed by atoms with van der Waals surface area (Å²) in [4.78, 5) is 19.6. The number of rotatable bonds is 7. The summed E-state index contributed by atoms with van der Waals surface area (Å²) >= 11 is 1.29. The number of hydrogen-bond acceptors (Lipinski definition) is 5. The van der Waals surface area contributed by atoms with E-state index in [0.717, 1.165) is 11.1 Å². The fraction of sp³-hybridized carbons (Fsp3) is 0.154. The largest absolute Gasteiger partial charge is 0.493 e. The van der Waals surface area contributed by atoms with Gasteiger partial charge in [-0.15, -0.1) is 0 Å². The molecule has 0 aromatic heterocycles. The Morgan fingerprint density at radius 3 is 2.48 bits per heavy atom. The first-order chi connectivity index (χ1) is 16.1. The van der Waals surface area contributed by atoms with E-state index in [4.69, 9.17) is 9.47 Å². The van der Waals surface area contributed by atoms with Crippen molar-refractivity contribution in [3.63, 3.8) is 0 Å². The molecule has 4 rings (SSSR count). The number of nitrogens with zero attached hydrogens (tertiary/aromatic N) is 2. The Bertz CT molecular complexity index is 1190. The van der Waals surface area contributed by atoms with Gasteiger partial charge in [0.15, 0.2) is 16.7 Å². The maximum Gasteiger partial charge on any atom is 0.266 e. The summed E-state index contributed by atoms with van der Waals surface area (Å²) in [6.45, 7) is 2.81. The van der Waals surface area contributed by atoms with Gasteiger partial charge in [-0.25, -0.2) is 9.38 Å². The van der Waals surface area contributed by atoms with Crippen LogP contribution in [-0.2, 0) is 11.4 Å².